The number of carboxylic acid groups (broad SMARTS) is 1. The quantitative estimate of drug-likeness (QED) is 0.242. The molecule has 0 unspecified atom stereocenters. The summed E-state index contributed by atoms with van der Waals surface area (Å²) in [5, 5.41) is 22.8. The molecule has 3 aromatic rings. The number of aromatic nitrogens is 1. The summed E-state index contributed by atoms with van der Waals surface area (Å²) in [7, 11) is 3.70. The zero-order valence-electron chi connectivity index (χ0n) is 23.7. The van der Waals surface area contributed by atoms with E-state index in [0.29, 0.717) is 22.9 Å². The Bertz CT molecular complexity index is 1410. The lowest BCUT2D eigenvalue weighted by Crippen LogP contribution is -2.44. The average molecular weight is 559 g/mol. The van der Waals surface area contributed by atoms with E-state index in [0.717, 1.165) is 57.5 Å². The highest BCUT2D eigenvalue weighted by molar-refractivity contribution is 6.06. The van der Waals surface area contributed by atoms with Gasteiger partial charge in [-0.3, -0.25) is 4.79 Å². The molecule has 1 saturated heterocycles. The molecule has 0 spiro atoms. The van der Waals surface area contributed by atoms with Crippen LogP contribution in [-0.4, -0.2) is 96.4 Å². The van der Waals surface area contributed by atoms with E-state index in [1.807, 2.05) is 0 Å². The molecule has 1 atom stereocenters. The van der Waals surface area contributed by atoms with E-state index in [2.05, 4.69) is 39.0 Å². The number of methoxy groups -OCH3 is 1. The lowest BCUT2D eigenvalue weighted by Gasteiger charge is -2.32. The van der Waals surface area contributed by atoms with E-state index in [1.54, 1.807) is 49.6 Å². The van der Waals surface area contributed by atoms with Crippen molar-refractivity contribution in [2.45, 2.75) is 31.7 Å². The Labute approximate surface area is 241 Å². The van der Waals surface area contributed by atoms with Gasteiger partial charge in [-0.1, -0.05) is 24.0 Å². The van der Waals surface area contributed by atoms with Gasteiger partial charge < -0.3 is 30.1 Å². The number of carbonyl (C=O) groups is 2. The Morgan fingerprint density at radius 2 is 1.83 bits per heavy atom. The molecular formula is C32H38N4O5. The summed E-state index contributed by atoms with van der Waals surface area (Å²) >= 11 is 0. The van der Waals surface area contributed by atoms with Crippen LogP contribution in [0.2, 0.25) is 0 Å². The molecule has 0 bridgehead atoms. The van der Waals surface area contributed by atoms with Crippen molar-refractivity contribution in [2.24, 2.45) is 0 Å². The summed E-state index contributed by atoms with van der Waals surface area (Å²) < 4.78 is 5.27. The van der Waals surface area contributed by atoms with Crippen LogP contribution in [0.15, 0.2) is 48.5 Å². The minimum atomic E-state index is -1.14. The summed E-state index contributed by atoms with van der Waals surface area (Å²) in [5.74, 6) is 4.89. The van der Waals surface area contributed by atoms with Crippen LogP contribution in [0.5, 0.6) is 5.75 Å². The van der Waals surface area contributed by atoms with Crippen molar-refractivity contribution in [3.63, 3.8) is 0 Å². The molecule has 2 heterocycles. The SMILES string of the molecule is COC[C@H](Cc1ccc(O)cc1)NC(=O)c1cc(C(=O)O)c2cc(C#CCCCCN3CCN(C)CC3)ccc2n1. The number of nitrogens with zero attached hydrogens (tertiary/aromatic N) is 3. The normalized spacial score (nSPS) is 14.8. The molecule has 9 nitrogen and oxygen atoms in total. The maximum Gasteiger partial charge on any atom is 0.336 e. The van der Waals surface area contributed by atoms with E-state index in [-0.39, 0.29) is 29.7 Å². The van der Waals surface area contributed by atoms with Crippen molar-refractivity contribution in [3.8, 4) is 17.6 Å². The number of fused-ring (bicyclic) bond motifs is 1. The van der Waals surface area contributed by atoms with Gasteiger partial charge in [0, 0.05) is 50.7 Å². The number of aromatic hydroxyl groups is 1. The average Bonchev–Trinajstić information content (AvgIpc) is 2.96. The fourth-order valence-corrected chi connectivity index (χ4v) is 4.91. The Morgan fingerprint density at radius 1 is 1.07 bits per heavy atom. The molecule has 2 aromatic carbocycles. The molecule has 1 aliphatic rings. The molecule has 1 aliphatic heterocycles. The van der Waals surface area contributed by atoms with Gasteiger partial charge in [0.1, 0.15) is 11.4 Å². The number of carbonyl (C=O) groups excluding carboxylic acids is 1. The van der Waals surface area contributed by atoms with E-state index in [9.17, 15) is 19.8 Å². The van der Waals surface area contributed by atoms with E-state index < -0.39 is 11.9 Å². The molecule has 1 amide bonds. The minimum absolute atomic E-state index is 0.00203. The third kappa shape index (κ3) is 8.76. The van der Waals surface area contributed by atoms with E-state index in [1.165, 1.54) is 6.07 Å². The van der Waals surface area contributed by atoms with Gasteiger partial charge in [0.2, 0.25) is 0 Å². The zero-order chi connectivity index (χ0) is 29.2. The first-order chi connectivity index (χ1) is 19.8. The maximum absolute atomic E-state index is 13.1. The minimum Gasteiger partial charge on any atom is -0.508 e. The number of likely N-dealkylation sites (N-methyl/N-ethyl adjacent to an activating group) is 1. The number of aromatic carboxylic acids is 1. The summed E-state index contributed by atoms with van der Waals surface area (Å²) in [5.41, 5.74) is 2.05. The molecule has 1 fully saturated rings. The maximum atomic E-state index is 13.1. The van der Waals surface area contributed by atoms with Crippen LogP contribution in [0.1, 0.15) is 51.2 Å². The lowest BCUT2D eigenvalue weighted by molar-refractivity contribution is 0.0699. The highest BCUT2D eigenvalue weighted by Gasteiger charge is 2.20. The number of hydrogen-bond acceptors (Lipinski definition) is 7. The van der Waals surface area contributed by atoms with Gasteiger partial charge in [-0.15, -0.1) is 0 Å². The number of nitrogens with one attached hydrogen (secondary N) is 1. The summed E-state index contributed by atoms with van der Waals surface area (Å²) in [4.78, 5) is 34.6. The van der Waals surface area contributed by atoms with Crippen molar-refractivity contribution in [1.29, 1.82) is 0 Å². The third-order valence-corrected chi connectivity index (χ3v) is 7.25. The Kier molecular flexibility index (Phi) is 10.7. The molecule has 41 heavy (non-hydrogen) atoms. The fraction of sp³-hybridized carbons (Fsp3) is 0.406. The largest absolute Gasteiger partial charge is 0.508 e. The number of unbranched alkanes of at least 4 members (excludes halogenated alkanes) is 2. The van der Waals surface area contributed by atoms with E-state index in [4.69, 9.17) is 4.74 Å². The number of amides is 1. The number of rotatable bonds is 11. The first kappa shape index (κ1) is 30.0. The van der Waals surface area contributed by atoms with Gasteiger partial charge in [0.25, 0.3) is 5.91 Å². The van der Waals surface area contributed by atoms with Gasteiger partial charge in [-0.2, -0.15) is 0 Å². The topological polar surface area (TPSA) is 115 Å². The van der Waals surface area contributed by atoms with Gasteiger partial charge in [0.05, 0.1) is 23.7 Å². The number of ether oxygens (including phenoxy) is 1. The van der Waals surface area contributed by atoms with Crippen molar-refractivity contribution in [1.82, 2.24) is 20.1 Å². The van der Waals surface area contributed by atoms with Crippen LogP contribution in [0.4, 0.5) is 0 Å². The molecule has 9 heteroatoms. The number of pyridine rings is 1. The Balaban J connectivity index is 1.41. The zero-order valence-corrected chi connectivity index (χ0v) is 23.7. The lowest BCUT2D eigenvalue weighted by atomic mass is 10.0. The molecular weight excluding hydrogens is 520 g/mol. The van der Waals surface area contributed by atoms with Gasteiger partial charge >= 0.3 is 5.97 Å². The van der Waals surface area contributed by atoms with Crippen LogP contribution >= 0.6 is 0 Å². The molecule has 0 aliphatic carbocycles. The first-order valence-corrected chi connectivity index (χ1v) is 14.0. The third-order valence-electron chi connectivity index (χ3n) is 7.25. The predicted octanol–water partition coefficient (Wildman–Crippen LogP) is 3.40. The standard InChI is InChI=1S/C32H38N4O5/c1-35-15-17-36(18-16-35)14-6-4-3-5-7-23-10-13-29-27(20-23)28(32(39)40)21-30(34-29)31(38)33-25(22-41-2)19-24-8-11-26(37)12-9-24/h8-13,20-21,25,37H,3-4,6,14-19,22H2,1-2H3,(H,33,38)(H,39,40)/t25-/m0/s1. The predicted molar refractivity (Wildman–Crippen MR) is 158 cm³/mol. The number of phenols is 1. The monoisotopic (exact) mass is 558 g/mol. The molecule has 1 aromatic heterocycles. The van der Waals surface area contributed by atoms with Gasteiger partial charge in [-0.05, 0) is 74.8 Å². The van der Waals surface area contributed by atoms with Crippen LogP contribution in [0.25, 0.3) is 10.9 Å². The molecule has 3 N–H and O–H groups in total. The van der Waals surface area contributed by atoms with Crippen LogP contribution in [0, 0.1) is 11.8 Å². The Hall–Kier alpha value is -3.97. The summed E-state index contributed by atoms with van der Waals surface area (Å²) in [6.07, 6.45) is 3.37. The van der Waals surface area contributed by atoms with E-state index >= 15 is 0 Å². The number of piperazine rings is 1. The summed E-state index contributed by atoms with van der Waals surface area (Å²) in [6, 6.07) is 12.9. The molecule has 4 rings (SSSR count). The van der Waals surface area contributed by atoms with Gasteiger partial charge in [-0.25, -0.2) is 9.78 Å². The Morgan fingerprint density at radius 3 is 2.54 bits per heavy atom. The smallest absolute Gasteiger partial charge is 0.336 e. The highest BCUT2D eigenvalue weighted by Crippen LogP contribution is 2.21. The number of carboxylic acids is 1. The van der Waals surface area contributed by atoms with Crippen molar-refractivity contribution >= 4 is 22.8 Å². The van der Waals surface area contributed by atoms with Crippen LogP contribution in [0.3, 0.4) is 0 Å². The van der Waals surface area contributed by atoms with Crippen LogP contribution < -0.4 is 5.32 Å². The van der Waals surface area contributed by atoms with Crippen molar-refractivity contribution in [3.05, 3.63) is 70.9 Å². The number of benzene rings is 2. The second-order valence-electron chi connectivity index (χ2n) is 10.5. The number of phenolic OH excluding ortho intramolecular Hbond substituents is 1. The van der Waals surface area contributed by atoms with Crippen molar-refractivity contribution in [2.75, 3.05) is 53.5 Å². The summed E-state index contributed by atoms with van der Waals surface area (Å²) in [6.45, 7) is 5.83. The molecule has 216 valence electrons. The first-order valence-electron chi connectivity index (χ1n) is 14.0. The highest BCUT2D eigenvalue weighted by atomic mass is 16.5. The molecule has 0 radical (unpaired) electrons. The fourth-order valence-electron chi connectivity index (χ4n) is 4.91. The second kappa shape index (κ2) is 14.6. The van der Waals surface area contributed by atoms with Gasteiger partial charge in [0.15, 0.2) is 0 Å². The second-order valence-corrected chi connectivity index (χ2v) is 10.5. The number of hydrogen-bond donors (Lipinski definition) is 3. The molecule has 0 saturated carbocycles. The van der Waals surface area contributed by atoms with Crippen LogP contribution in [-0.2, 0) is 11.2 Å². The van der Waals surface area contributed by atoms with Crippen molar-refractivity contribution < 1.29 is 24.5 Å².